The van der Waals surface area contributed by atoms with Crippen LogP contribution in [-0.4, -0.2) is 11.1 Å². The van der Waals surface area contributed by atoms with Crippen molar-refractivity contribution in [1.82, 2.24) is 0 Å². The van der Waals surface area contributed by atoms with Crippen LogP contribution in [0.3, 0.4) is 0 Å². The molecule has 0 aromatic carbocycles. The van der Waals surface area contributed by atoms with Gasteiger partial charge in [-0.05, 0) is 6.92 Å². The Kier molecular flexibility index (Phi) is 0.725. The number of hydrogen-bond acceptors (Lipinski definition) is 2. The van der Waals surface area contributed by atoms with E-state index in [9.17, 15) is 4.79 Å². The fourth-order valence-electron chi connectivity index (χ4n) is 0.102. The molecule has 0 fully saturated rings. The van der Waals surface area contributed by atoms with Crippen molar-refractivity contribution in [3.05, 3.63) is 12.1 Å². The summed E-state index contributed by atoms with van der Waals surface area (Å²) in [5.41, 5.74) is 0. The van der Waals surface area contributed by atoms with E-state index in [0.717, 1.165) is 0 Å². The highest BCUT2D eigenvalue weighted by molar-refractivity contribution is 5.79. The van der Waals surface area contributed by atoms with E-state index in [-0.39, 0.29) is 6.05 Å². The first-order valence-electron chi connectivity index (χ1n) is 2.82. The quantitative estimate of drug-likeness (QED) is 0.482. The molecule has 2 nitrogen and oxygen atoms in total. The van der Waals surface area contributed by atoms with Crippen LogP contribution in [0.15, 0.2) is 12.1 Å². The van der Waals surface area contributed by atoms with Crippen molar-refractivity contribution in [3.8, 4) is 0 Å². The molecule has 0 heterocycles. The third-order valence-electron chi connectivity index (χ3n) is 0.227. The van der Waals surface area contributed by atoms with Crippen LogP contribution in [0.4, 0.5) is 0 Å². The Balaban J connectivity index is 4.21. The van der Waals surface area contributed by atoms with Crippen molar-refractivity contribution in [1.29, 1.82) is 1.43 Å². The molecular weight excluding hydrogens is 80.0 g/mol. The summed E-state index contributed by atoms with van der Waals surface area (Å²) in [6.07, 6.45) is 0. The first-order valence-corrected chi connectivity index (χ1v) is 1.41. The molecule has 0 aliphatic rings. The highest BCUT2D eigenvalue weighted by Gasteiger charge is 1.76. The van der Waals surface area contributed by atoms with Gasteiger partial charge in [-0.25, -0.2) is 4.79 Å². The van der Waals surface area contributed by atoms with Crippen LogP contribution in [0, 0.1) is 0 Å². The van der Waals surface area contributed by atoms with Gasteiger partial charge in [-0.3, -0.25) is 0 Å². The zero-order chi connectivity index (χ0) is 7.44. The molecule has 0 saturated heterocycles. The smallest absolute Gasteiger partial charge is 0.327 e. The summed E-state index contributed by atoms with van der Waals surface area (Å²) in [6.45, 7) is 1.28. The zero-order valence-corrected chi connectivity index (χ0v) is 3.32. The molecule has 0 atom stereocenters. The third-order valence-corrected chi connectivity index (χ3v) is 0.227. The number of hydrogen-bond donors (Lipinski definition) is 1. The number of carboxylic acids is 1. The van der Waals surface area contributed by atoms with Crippen molar-refractivity contribution < 1.29 is 12.6 Å². The Morgan fingerprint density at radius 3 is 3.17 bits per heavy atom. The summed E-state index contributed by atoms with van der Waals surface area (Å²) in [5, 5.41) is 3.42. The van der Waals surface area contributed by atoms with Gasteiger partial charge in [0.2, 0.25) is 0 Å². The van der Waals surface area contributed by atoms with Gasteiger partial charge in [0.15, 0.2) is 0 Å². The van der Waals surface area contributed by atoms with Crippen molar-refractivity contribution in [2.75, 3.05) is 0 Å². The Hall–Kier alpha value is -0.790. The van der Waals surface area contributed by atoms with E-state index in [1.54, 1.807) is 0 Å². The molecule has 0 aliphatic heterocycles. The second kappa shape index (κ2) is 2.45. The van der Waals surface area contributed by atoms with Crippen molar-refractivity contribution >= 4 is 5.97 Å². The van der Waals surface area contributed by atoms with Crippen LogP contribution in [0.1, 0.15) is 9.67 Å². The molecule has 0 rings (SSSR count). The predicted molar refractivity (Wildman–Crippen MR) is 22.4 cm³/mol. The van der Waals surface area contributed by atoms with E-state index in [1.807, 2.05) is 0 Å². The molecule has 34 valence electrons. The van der Waals surface area contributed by atoms with E-state index in [2.05, 4.69) is 5.11 Å². The minimum absolute atomic E-state index is 0.202. The Morgan fingerprint density at radius 1 is 2.33 bits per heavy atom. The van der Waals surface area contributed by atoms with Gasteiger partial charge in [0.1, 0.15) is 0 Å². The van der Waals surface area contributed by atoms with Crippen LogP contribution in [0.5, 0.6) is 0 Å². The molecule has 0 bridgehead atoms. The minimum atomic E-state index is -1.09. The highest BCUT2D eigenvalue weighted by atomic mass is 16.4. The van der Waals surface area contributed by atoms with Crippen LogP contribution in [0.2, 0.25) is 0 Å². The molecule has 0 amide bonds. The molecule has 0 unspecified atom stereocenters. The molecule has 6 heavy (non-hydrogen) atoms. The fourth-order valence-corrected chi connectivity index (χ4v) is 0.102. The molecule has 0 aromatic heterocycles. The summed E-state index contributed by atoms with van der Waals surface area (Å²) in [6, 6.07) is -0.780. The number of rotatable bonds is 1. The van der Waals surface area contributed by atoms with Gasteiger partial charge < -0.3 is 5.11 Å². The van der Waals surface area contributed by atoms with E-state index < -0.39 is 12.0 Å². The van der Waals surface area contributed by atoms with Crippen molar-refractivity contribution in [2.24, 2.45) is 0 Å². The van der Waals surface area contributed by atoms with Crippen LogP contribution >= 0.6 is 0 Å². The van der Waals surface area contributed by atoms with Gasteiger partial charge in [-0.2, -0.15) is 0 Å². The van der Waals surface area contributed by atoms with Gasteiger partial charge in [0.25, 0.3) is 1.43 Å². The second-order valence-corrected chi connectivity index (χ2v) is 0.662. The SMILES string of the molecule is [3H]OC(=O)/C([3H])=C(\[3H])C. The molecule has 0 spiro atoms. The highest BCUT2D eigenvalue weighted by Crippen LogP contribution is 1.65. The standard InChI is InChI=1S/C4H6O2/c1-2-3-4(5)6/h2-3H,1H3,(H,5,6)/b3-2+/i2T,3T/hT. The lowest BCUT2D eigenvalue weighted by atomic mass is 10.5. The molecule has 0 aromatic rings. The maximum atomic E-state index is 10.2. The fraction of sp³-hybridized carbons (Fsp3) is 0.250. The molecule has 1 N–H and O–H groups in total. The molecule has 0 saturated carbocycles. The number of carboxylic acid groups (broad SMARTS) is 1. The van der Waals surface area contributed by atoms with Crippen LogP contribution in [0.25, 0.3) is 1.43 Å². The lowest BCUT2D eigenvalue weighted by Gasteiger charge is -1.68. The van der Waals surface area contributed by atoms with Gasteiger partial charge in [0, 0.05) is 6.05 Å². The van der Waals surface area contributed by atoms with E-state index in [1.165, 1.54) is 6.92 Å². The lowest BCUT2D eigenvalue weighted by molar-refractivity contribution is -0.131. The number of carbonyl (C=O) groups is 1. The van der Waals surface area contributed by atoms with Crippen molar-refractivity contribution in [3.63, 3.8) is 0 Å². The lowest BCUT2D eigenvalue weighted by Crippen LogP contribution is -1.83. The molecular formula is C4H6O2. The maximum absolute atomic E-state index is 10.2. The van der Waals surface area contributed by atoms with Gasteiger partial charge in [-0.15, -0.1) is 0 Å². The monoisotopic (exact) mass is 92.1 g/mol. The second-order valence-electron chi connectivity index (χ2n) is 0.662. The minimum Gasteiger partial charge on any atom is -0.478 e. The topological polar surface area (TPSA) is 37.3 Å². The summed E-state index contributed by atoms with van der Waals surface area (Å²) < 4.78 is 19.5. The van der Waals surface area contributed by atoms with E-state index in [4.69, 9.17) is 4.17 Å². The van der Waals surface area contributed by atoms with Crippen LogP contribution in [-0.2, 0) is 4.79 Å². The first-order chi connectivity index (χ1) is 4.09. The maximum Gasteiger partial charge on any atom is 0.327 e. The predicted octanol–water partition coefficient (Wildman–Crippen LogP) is 0.647. The third kappa shape index (κ3) is 3.21. The van der Waals surface area contributed by atoms with E-state index in [0.29, 0.717) is 0 Å². The number of aliphatic carboxylic acids is 1. The molecule has 2 heteroatoms. The van der Waals surface area contributed by atoms with Gasteiger partial charge >= 0.3 is 5.97 Å². The summed E-state index contributed by atoms with van der Waals surface area (Å²) >= 11 is 0. The first kappa shape index (κ1) is 1.78. The zero-order valence-electron chi connectivity index (χ0n) is 6.32. The molecule has 0 aliphatic carbocycles. The van der Waals surface area contributed by atoms with Crippen LogP contribution < -0.4 is 0 Å². The largest absolute Gasteiger partial charge is 0.478 e. The Morgan fingerprint density at radius 2 is 3.00 bits per heavy atom. The average Bonchev–Trinajstić information content (AvgIpc) is 1.84. The number of allylic oxidation sites excluding steroid dienone is 1. The molecule has 0 radical (unpaired) electrons. The summed E-state index contributed by atoms with van der Waals surface area (Å²) in [7, 11) is 0. The summed E-state index contributed by atoms with van der Waals surface area (Å²) in [5.74, 6) is -1.09. The van der Waals surface area contributed by atoms with Gasteiger partial charge in [-0.1, -0.05) is 6.05 Å². The van der Waals surface area contributed by atoms with Gasteiger partial charge in [0.05, 0.1) is 2.74 Å². The Bertz CT molecular complexity index is 148. The van der Waals surface area contributed by atoms with Crippen molar-refractivity contribution in [2.45, 2.75) is 6.92 Å². The average molecular weight is 92.1 g/mol. The summed E-state index contributed by atoms with van der Waals surface area (Å²) in [4.78, 5) is 10.2. The van der Waals surface area contributed by atoms with E-state index >= 15 is 0 Å². The normalized spacial score (nSPS) is 19.2. The Labute approximate surface area is 40.4 Å².